The molecule has 0 aliphatic rings. The van der Waals surface area contributed by atoms with Crippen molar-refractivity contribution in [3.63, 3.8) is 0 Å². The van der Waals surface area contributed by atoms with E-state index in [1.54, 1.807) is 6.20 Å². The first-order valence-electron chi connectivity index (χ1n) is 2.38. The number of aromatic nitrogens is 1. The van der Waals surface area contributed by atoms with Crippen LogP contribution in [0.15, 0.2) is 12.3 Å². The minimum atomic E-state index is 1.20. The van der Waals surface area contributed by atoms with Crippen LogP contribution in [0.25, 0.3) is 0 Å². The molecule has 0 aromatic carbocycles. The Morgan fingerprint density at radius 2 is 2.38 bits per heavy atom. The third-order valence-electron chi connectivity index (χ3n) is 0.865. The lowest BCUT2D eigenvalue weighted by molar-refractivity contribution is 1.16. The fourth-order valence-corrected chi connectivity index (χ4v) is 0.954. The Kier molecular flexibility index (Phi) is 1.48. The van der Waals surface area contributed by atoms with E-state index < -0.39 is 0 Å². The molecule has 0 aliphatic carbocycles. The van der Waals surface area contributed by atoms with E-state index in [1.807, 2.05) is 25.1 Å². The normalized spacial score (nSPS) is 9.25. The number of hydrogen-bond acceptors (Lipinski definition) is 3. The van der Waals surface area contributed by atoms with E-state index in [1.165, 1.54) is 16.5 Å². The van der Waals surface area contributed by atoms with Crippen LogP contribution in [-0.4, -0.2) is 18.5 Å². The highest BCUT2D eigenvalue weighted by Crippen LogP contribution is 2.13. The summed E-state index contributed by atoms with van der Waals surface area (Å²) in [7, 11) is 4.01. The fraction of sp³-hybridized carbons (Fsp3) is 0.400. The Labute approximate surface area is 52.9 Å². The quantitative estimate of drug-likeness (QED) is 0.565. The van der Waals surface area contributed by atoms with Gasteiger partial charge in [-0.25, -0.2) is 0 Å². The van der Waals surface area contributed by atoms with Gasteiger partial charge in [0.1, 0.15) is 5.00 Å². The molecule has 0 atom stereocenters. The van der Waals surface area contributed by atoms with Gasteiger partial charge in [0.15, 0.2) is 0 Å². The van der Waals surface area contributed by atoms with Gasteiger partial charge in [0.05, 0.1) is 0 Å². The van der Waals surface area contributed by atoms with Crippen LogP contribution in [0.2, 0.25) is 0 Å². The zero-order valence-corrected chi connectivity index (χ0v) is 5.77. The molecule has 0 spiro atoms. The van der Waals surface area contributed by atoms with Crippen LogP contribution in [0.4, 0.5) is 5.00 Å². The van der Waals surface area contributed by atoms with Crippen molar-refractivity contribution >= 4 is 16.5 Å². The lowest BCUT2D eigenvalue weighted by Gasteiger charge is -2.05. The van der Waals surface area contributed by atoms with Crippen molar-refractivity contribution in [3.05, 3.63) is 12.3 Å². The third-order valence-corrected chi connectivity index (χ3v) is 1.78. The summed E-state index contributed by atoms with van der Waals surface area (Å²) in [5.74, 6) is 0. The molecule has 0 N–H and O–H groups in total. The molecule has 0 bridgehead atoms. The van der Waals surface area contributed by atoms with E-state index in [2.05, 4.69) is 4.37 Å². The summed E-state index contributed by atoms with van der Waals surface area (Å²) in [4.78, 5) is 2.04. The first-order valence-corrected chi connectivity index (χ1v) is 3.16. The molecular weight excluding hydrogens is 120 g/mol. The number of anilines is 1. The van der Waals surface area contributed by atoms with Crippen LogP contribution >= 0.6 is 11.5 Å². The first kappa shape index (κ1) is 5.56. The van der Waals surface area contributed by atoms with Crippen molar-refractivity contribution in [1.29, 1.82) is 0 Å². The maximum atomic E-state index is 3.94. The summed E-state index contributed by atoms with van der Waals surface area (Å²) in [6.45, 7) is 0. The fourth-order valence-electron chi connectivity index (χ4n) is 0.440. The highest BCUT2D eigenvalue weighted by atomic mass is 32.1. The molecule has 0 unspecified atom stereocenters. The van der Waals surface area contributed by atoms with E-state index in [9.17, 15) is 0 Å². The van der Waals surface area contributed by atoms with Gasteiger partial charge in [0, 0.05) is 20.3 Å². The molecule has 0 radical (unpaired) electrons. The average Bonchev–Trinajstić information content (AvgIpc) is 2.12. The molecule has 1 aromatic rings. The second-order valence-corrected chi connectivity index (χ2v) is 2.56. The van der Waals surface area contributed by atoms with Crippen LogP contribution in [0.5, 0.6) is 0 Å². The Hall–Kier alpha value is -0.570. The van der Waals surface area contributed by atoms with Gasteiger partial charge in [0.2, 0.25) is 0 Å². The summed E-state index contributed by atoms with van der Waals surface area (Å²) >= 11 is 1.51. The second-order valence-electron chi connectivity index (χ2n) is 1.75. The maximum Gasteiger partial charge on any atom is 0.111 e. The number of hydrogen-bond donors (Lipinski definition) is 0. The summed E-state index contributed by atoms with van der Waals surface area (Å²) < 4.78 is 3.94. The number of nitrogens with zero attached hydrogens (tertiary/aromatic N) is 2. The maximum absolute atomic E-state index is 3.94. The summed E-state index contributed by atoms with van der Waals surface area (Å²) in [5.41, 5.74) is 0. The van der Waals surface area contributed by atoms with Gasteiger partial charge in [0.25, 0.3) is 0 Å². The van der Waals surface area contributed by atoms with Crippen molar-refractivity contribution in [2.24, 2.45) is 0 Å². The van der Waals surface area contributed by atoms with Gasteiger partial charge >= 0.3 is 0 Å². The van der Waals surface area contributed by atoms with Gasteiger partial charge in [-0.1, -0.05) is 0 Å². The van der Waals surface area contributed by atoms with E-state index >= 15 is 0 Å². The molecule has 0 saturated carbocycles. The van der Waals surface area contributed by atoms with Crippen LogP contribution in [0, 0.1) is 0 Å². The molecular formula is C5H8N2S. The topological polar surface area (TPSA) is 16.1 Å². The van der Waals surface area contributed by atoms with Crippen LogP contribution in [-0.2, 0) is 0 Å². The largest absolute Gasteiger partial charge is 0.368 e. The van der Waals surface area contributed by atoms with Crippen molar-refractivity contribution in [2.75, 3.05) is 19.0 Å². The smallest absolute Gasteiger partial charge is 0.111 e. The minimum absolute atomic E-state index is 1.20. The molecule has 0 aliphatic heterocycles. The predicted octanol–water partition coefficient (Wildman–Crippen LogP) is 1.21. The number of rotatable bonds is 1. The van der Waals surface area contributed by atoms with E-state index in [4.69, 9.17) is 0 Å². The van der Waals surface area contributed by atoms with E-state index in [0.717, 1.165) is 0 Å². The van der Waals surface area contributed by atoms with Crippen molar-refractivity contribution in [3.8, 4) is 0 Å². The molecule has 1 aromatic heterocycles. The average molecular weight is 128 g/mol. The Morgan fingerprint density at radius 3 is 2.62 bits per heavy atom. The van der Waals surface area contributed by atoms with Gasteiger partial charge in [-0.2, -0.15) is 4.37 Å². The van der Waals surface area contributed by atoms with Crippen molar-refractivity contribution < 1.29 is 0 Å². The molecule has 3 heteroatoms. The standard InChI is InChI=1S/C5H8N2S/c1-7(2)5-3-4-6-8-5/h3-4H,1-2H3. The zero-order valence-electron chi connectivity index (χ0n) is 4.96. The van der Waals surface area contributed by atoms with Crippen LogP contribution in [0.1, 0.15) is 0 Å². The van der Waals surface area contributed by atoms with Crippen LogP contribution in [0.3, 0.4) is 0 Å². The zero-order chi connectivity index (χ0) is 5.98. The molecule has 2 nitrogen and oxygen atoms in total. The van der Waals surface area contributed by atoms with Crippen molar-refractivity contribution in [2.45, 2.75) is 0 Å². The Morgan fingerprint density at radius 1 is 1.62 bits per heavy atom. The Balaban J connectivity index is 2.77. The lowest BCUT2D eigenvalue weighted by atomic mass is 10.6. The van der Waals surface area contributed by atoms with Gasteiger partial charge in [-0.3, -0.25) is 0 Å². The first-order chi connectivity index (χ1) is 3.80. The molecule has 0 amide bonds. The van der Waals surface area contributed by atoms with E-state index in [0.29, 0.717) is 0 Å². The van der Waals surface area contributed by atoms with E-state index in [-0.39, 0.29) is 0 Å². The molecule has 1 heterocycles. The molecule has 8 heavy (non-hydrogen) atoms. The predicted molar refractivity (Wildman–Crippen MR) is 36.4 cm³/mol. The third kappa shape index (κ3) is 0.980. The summed E-state index contributed by atoms with van der Waals surface area (Å²) in [6, 6.07) is 1.99. The molecule has 44 valence electrons. The Bertz CT molecular complexity index is 145. The SMILES string of the molecule is CN(C)c1ccns1. The van der Waals surface area contributed by atoms with Gasteiger partial charge in [-0.05, 0) is 17.6 Å². The van der Waals surface area contributed by atoms with Gasteiger partial charge in [-0.15, -0.1) is 0 Å². The molecule has 0 fully saturated rings. The summed E-state index contributed by atoms with van der Waals surface area (Å²) in [5, 5.41) is 1.20. The highest BCUT2D eigenvalue weighted by molar-refractivity contribution is 7.10. The lowest BCUT2D eigenvalue weighted by Crippen LogP contribution is -2.05. The molecule has 0 saturated heterocycles. The second kappa shape index (κ2) is 2.13. The van der Waals surface area contributed by atoms with Gasteiger partial charge < -0.3 is 4.90 Å². The monoisotopic (exact) mass is 128 g/mol. The van der Waals surface area contributed by atoms with Crippen LogP contribution < -0.4 is 4.90 Å². The highest BCUT2D eigenvalue weighted by Gasteiger charge is 1.91. The minimum Gasteiger partial charge on any atom is -0.368 e. The molecule has 1 rings (SSSR count). The van der Waals surface area contributed by atoms with Crippen molar-refractivity contribution in [1.82, 2.24) is 4.37 Å². The summed E-state index contributed by atoms with van der Waals surface area (Å²) in [6.07, 6.45) is 1.81.